The van der Waals surface area contributed by atoms with Crippen molar-refractivity contribution in [2.45, 2.75) is 29.9 Å². The number of hydrogen-bond donors (Lipinski definition) is 2. The molecule has 1 aliphatic carbocycles. The van der Waals surface area contributed by atoms with Gasteiger partial charge in [-0.05, 0) is 47.0 Å². The number of sulfonamides is 1. The number of aromatic carboxylic acids is 1. The number of benzene rings is 1. The van der Waals surface area contributed by atoms with Gasteiger partial charge in [-0.1, -0.05) is 0 Å². The van der Waals surface area contributed by atoms with E-state index in [-0.39, 0.29) is 22.6 Å². The molecule has 20 heavy (non-hydrogen) atoms. The molecule has 0 bridgehead atoms. The molecule has 0 atom stereocenters. The van der Waals surface area contributed by atoms with Crippen LogP contribution in [0.25, 0.3) is 0 Å². The molecular formula is C12H14BrNO5S. The summed E-state index contributed by atoms with van der Waals surface area (Å²) in [4.78, 5) is 10.8. The van der Waals surface area contributed by atoms with E-state index in [0.717, 1.165) is 6.07 Å². The summed E-state index contributed by atoms with van der Waals surface area (Å²) < 4.78 is 32.5. The van der Waals surface area contributed by atoms with Crippen molar-refractivity contribution < 1.29 is 23.1 Å². The van der Waals surface area contributed by atoms with Gasteiger partial charge in [0.2, 0.25) is 10.0 Å². The van der Waals surface area contributed by atoms with Gasteiger partial charge in [0.1, 0.15) is 0 Å². The molecular weight excluding hydrogens is 350 g/mol. The Bertz CT molecular complexity index is 625. The highest BCUT2D eigenvalue weighted by molar-refractivity contribution is 9.10. The Kier molecular flexibility index (Phi) is 4.48. The average Bonchev–Trinajstić information content (AvgIpc) is 2.33. The van der Waals surface area contributed by atoms with E-state index >= 15 is 0 Å². The lowest BCUT2D eigenvalue weighted by Crippen LogP contribution is -2.47. The fraction of sp³-hybridized carbons (Fsp3) is 0.417. The van der Waals surface area contributed by atoms with E-state index in [9.17, 15) is 13.2 Å². The number of halogens is 1. The fourth-order valence-corrected chi connectivity index (χ4v) is 4.23. The van der Waals surface area contributed by atoms with E-state index in [1.807, 2.05) is 0 Å². The summed E-state index contributed by atoms with van der Waals surface area (Å²) in [5.74, 6) is -1.17. The largest absolute Gasteiger partial charge is 0.478 e. The molecule has 1 fully saturated rings. The lowest BCUT2D eigenvalue weighted by atomic mass is 9.90. The van der Waals surface area contributed by atoms with E-state index in [2.05, 4.69) is 20.7 Å². The highest BCUT2D eigenvalue weighted by Crippen LogP contribution is 2.27. The molecule has 0 radical (unpaired) electrons. The quantitative estimate of drug-likeness (QED) is 0.828. The van der Waals surface area contributed by atoms with Gasteiger partial charge < -0.3 is 9.84 Å². The first-order valence-electron chi connectivity index (χ1n) is 5.91. The van der Waals surface area contributed by atoms with Gasteiger partial charge in [0, 0.05) is 17.6 Å². The van der Waals surface area contributed by atoms with Gasteiger partial charge in [-0.3, -0.25) is 0 Å². The van der Waals surface area contributed by atoms with Crippen molar-refractivity contribution in [3.8, 4) is 0 Å². The number of ether oxygens (including phenoxy) is 1. The molecule has 2 rings (SSSR count). The highest BCUT2D eigenvalue weighted by Gasteiger charge is 2.33. The average molecular weight is 364 g/mol. The van der Waals surface area contributed by atoms with E-state index in [1.165, 1.54) is 12.1 Å². The van der Waals surface area contributed by atoms with Crippen LogP contribution in [0, 0.1) is 0 Å². The van der Waals surface area contributed by atoms with Crippen LogP contribution in [0.1, 0.15) is 23.2 Å². The van der Waals surface area contributed by atoms with E-state index < -0.39 is 16.0 Å². The second kappa shape index (κ2) is 5.80. The van der Waals surface area contributed by atoms with Crippen LogP contribution >= 0.6 is 15.9 Å². The summed E-state index contributed by atoms with van der Waals surface area (Å²) in [5, 5.41) is 8.92. The molecule has 1 aliphatic rings. The summed E-state index contributed by atoms with van der Waals surface area (Å²) in [7, 11) is -2.17. The Morgan fingerprint density at radius 1 is 1.45 bits per heavy atom. The van der Waals surface area contributed by atoms with Crippen LogP contribution in [-0.4, -0.2) is 38.7 Å². The van der Waals surface area contributed by atoms with Crippen LogP contribution in [0.3, 0.4) is 0 Å². The number of rotatable bonds is 5. The molecule has 2 N–H and O–H groups in total. The molecule has 6 nitrogen and oxygen atoms in total. The summed E-state index contributed by atoms with van der Waals surface area (Å²) in [5.41, 5.74) is -0.0723. The third-order valence-corrected chi connectivity index (χ3v) is 5.73. The second-order valence-electron chi connectivity index (χ2n) is 4.60. The van der Waals surface area contributed by atoms with Crippen LogP contribution in [0.5, 0.6) is 0 Å². The minimum Gasteiger partial charge on any atom is -0.478 e. The second-order valence-corrected chi connectivity index (χ2v) is 7.13. The highest BCUT2D eigenvalue weighted by atomic mass is 79.9. The van der Waals surface area contributed by atoms with Crippen LogP contribution < -0.4 is 4.72 Å². The molecule has 0 spiro atoms. The van der Waals surface area contributed by atoms with E-state index in [4.69, 9.17) is 9.84 Å². The van der Waals surface area contributed by atoms with Gasteiger partial charge in [-0.25, -0.2) is 17.9 Å². The van der Waals surface area contributed by atoms with Crippen LogP contribution in [-0.2, 0) is 14.8 Å². The molecule has 0 aromatic heterocycles. The monoisotopic (exact) mass is 363 g/mol. The zero-order valence-corrected chi connectivity index (χ0v) is 13.1. The Hall–Kier alpha value is -0.960. The van der Waals surface area contributed by atoms with Gasteiger partial charge in [0.25, 0.3) is 0 Å². The van der Waals surface area contributed by atoms with Gasteiger partial charge in [-0.2, -0.15) is 0 Å². The van der Waals surface area contributed by atoms with E-state index in [0.29, 0.717) is 17.3 Å². The Balaban J connectivity index is 2.21. The smallest absolute Gasteiger partial charge is 0.335 e. The lowest BCUT2D eigenvalue weighted by molar-refractivity contribution is 0.0236. The number of carboxylic acid groups (broad SMARTS) is 1. The zero-order valence-electron chi connectivity index (χ0n) is 10.7. The van der Waals surface area contributed by atoms with Crippen LogP contribution in [0.15, 0.2) is 27.6 Å². The molecule has 1 saturated carbocycles. The maximum Gasteiger partial charge on any atom is 0.335 e. The third kappa shape index (κ3) is 3.20. The zero-order chi connectivity index (χ0) is 14.9. The predicted molar refractivity (Wildman–Crippen MR) is 75.2 cm³/mol. The van der Waals surface area contributed by atoms with Crippen molar-refractivity contribution in [3.63, 3.8) is 0 Å². The standard InChI is InChI=1S/C12H14BrNO5S/c1-19-9-5-8(6-9)14-20(17,18)11-4-7(12(15)16)2-3-10(11)13/h2-4,8-9,14H,5-6H2,1H3,(H,15,16). The molecule has 0 aliphatic heterocycles. The third-order valence-electron chi connectivity index (χ3n) is 3.22. The van der Waals surface area contributed by atoms with Crippen molar-refractivity contribution >= 4 is 31.9 Å². The first-order valence-corrected chi connectivity index (χ1v) is 8.19. The minimum atomic E-state index is -3.75. The van der Waals surface area contributed by atoms with Crippen molar-refractivity contribution in [2.24, 2.45) is 0 Å². The SMILES string of the molecule is COC1CC(NS(=O)(=O)c2cc(C(=O)O)ccc2Br)C1. The number of methoxy groups -OCH3 is 1. The molecule has 1 aromatic carbocycles. The first kappa shape index (κ1) is 15.4. The molecule has 0 saturated heterocycles. The Labute approximate surface area is 125 Å². The molecule has 1 aromatic rings. The minimum absolute atomic E-state index is 0.0710. The van der Waals surface area contributed by atoms with Gasteiger partial charge in [0.15, 0.2) is 0 Å². The van der Waals surface area contributed by atoms with Gasteiger partial charge in [-0.15, -0.1) is 0 Å². The Morgan fingerprint density at radius 3 is 2.65 bits per heavy atom. The normalized spacial score (nSPS) is 22.3. The van der Waals surface area contributed by atoms with Crippen molar-refractivity contribution in [3.05, 3.63) is 28.2 Å². The number of carboxylic acids is 1. The number of carbonyl (C=O) groups is 1. The molecule has 110 valence electrons. The number of nitrogens with one attached hydrogen (secondary N) is 1. The molecule has 0 amide bonds. The maximum atomic E-state index is 12.3. The summed E-state index contributed by atoms with van der Waals surface area (Å²) in [6, 6.07) is 3.72. The molecule has 8 heteroatoms. The van der Waals surface area contributed by atoms with E-state index in [1.54, 1.807) is 7.11 Å². The number of hydrogen-bond acceptors (Lipinski definition) is 4. The summed E-state index contributed by atoms with van der Waals surface area (Å²) in [6.45, 7) is 0. The van der Waals surface area contributed by atoms with Gasteiger partial charge >= 0.3 is 5.97 Å². The van der Waals surface area contributed by atoms with Gasteiger partial charge in [0.05, 0.1) is 16.6 Å². The molecule has 0 heterocycles. The summed E-state index contributed by atoms with van der Waals surface area (Å²) >= 11 is 3.13. The van der Waals surface area contributed by atoms with Crippen LogP contribution in [0.2, 0.25) is 0 Å². The fourth-order valence-electron chi connectivity index (χ4n) is 1.98. The maximum absolute atomic E-state index is 12.3. The summed E-state index contributed by atoms with van der Waals surface area (Å²) in [6.07, 6.45) is 1.31. The first-order chi connectivity index (χ1) is 9.33. The predicted octanol–water partition coefficient (Wildman–Crippen LogP) is 1.60. The van der Waals surface area contributed by atoms with Crippen molar-refractivity contribution in [1.29, 1.82) is 0 Å². The van der Waals surface area contributed by atoms with Crippen molar-refractivity contribution in [2.75, 3.05) is 7.11 Å². The Morgan fingerprint density at radius 2 is 2.10 bits per heavy atom. The lowest BCUT2D eigenvalue weighted by Gasteiger charge is -2.34. The van der Waals surface area contributed by atoms with Crippen LogP contribution in [0.4, 0.5) is 0 Å². The topological polar surface area (TPSA) is 92.7 Å². The van der Waals surface area contributed by atoms with Crippen molar-refractivity contribution in [1.82, 2.24) is 4.72 Å². The molecule has 0 unspecified atom stereocenters.